The molecule has 0 spiro atoms. The Morgan fingerprint density at radius 3 is 2.43 bits per heavy atom. The average molecular weight is 495 g/mol. The van der Waals surface area contributed by atoms with Crippen LogP contribution in [0.25, 0.3) is 0 Å². The van der Waals surface area contributed by atoms with Crippen LogP contribution in [-0.4, -0.2) is 57.9 Å². The summed E-state index contributed by atoms with van der Waals surface area (Å²) in [5.41, 5.74) is -7.87. The molecule has 3 saturated carbocycles. The van der Waals surface area contributed by atoms with Gasteiger partial charge in [0, 0.05) is 16.7 Å². The Morgan fingerprint density at radius 1 is 1.20 bits per heavy atom. The summed E-state index contributed by atoms with van der Waals surface area (Å²) in [6.45, 7) is 9.15. The fourth-order valence-electron chi connectivity index (χ4n) is 7.59. The zero-order chi connectivity index (χ0) is 26.4. The van der Waals surface area contributed by atoms with E-state index in [2.05, 4.69) is 0 Å². The fraction of sp³-hybridized carbons (Fsp3) is 0.741. The number of allylic oxidation sites excluding steroid dienone is 4. The number of carbonyl (C=O) groups excluding carboxylic acids is 3. The molecule has 4 rings (SSSR count). The number of Topliss-reactive ketones (excluding diaryl/α,β-unsaturated/α-hetero) is 1. The molecule has 0 radical (unpaired) electrons. The molecule has 0 aromatic heterocycles. The molecule has 6 nitrogen and oxygen atoms in total. The lowest BCUT2D eigenvalue weighted by Gasteiger charge is -2.63. The maximum atomic E-state index is 17.1. The van der Waals surface area contributed by atoms with E-state index < -0.39 is 81.7 Å². The fourth-order valence-corrected chi connectivity index (χ4v) is 7.59. The highest BCUT2D eigenvalue weighted by molar-refractivity contribution is 6.01. The molecule has 2 N–H and O–H groups in total. The van der Waals surface area contributed by atoms with Crippen molar-refractivity contribution >= 4 is 17.5 Å². The molecular formula is C27H36F2O6. The highest BCUT2D eigenvalue weighted by Crippen LogP contribution is 2.70. The summed E-state index contributed by atoms with van der Waals surface area (Å²) >= 11 is 0. The molecule has 35 heavy (non-hydrogen) atoms. The summed E-state index contributed by atoms with van der Waals surface area (Å²) in [6.07, 6.45) is 0.249. The molecular weight excluding hydrogens is 458 g/mol. The van der Waals surface area contributed by atoms with E-state index in [0.717, 1.165) is 6.08 Å². The second-order valence-corrected chi connectivity index (χ2v) is 12.5. The van der Waals surface area contributed by atoms with Crippen LogP contribution in [0.4, 0.5) is 8.78 Å². The molecule has 0 bridgehead atoms. The SMILES string of the molecule is C[C@@H]1C[C@H]2[C@@H]3C[C@H](F)C4=CC(=O)C=C[C@]4(C)[C@]3(F)[C@@H](O)C[C@]2(C)[C@@]1(O)C(=O)COC(=O)C(C)(C)C. The van der Waals surface area contributed by atoms with Crippen molar-refractivity contribution in [2.75, 3.05) is 6.61 Å². The molecule has 0 heterocycles. The number of carbonyl (C=O) groups is 3. The van der Waals surface area contributed by atoms with Crippen LogP contribution in [0.2, 0.25) is 0 Å². The van der Waals surface area contributed by atoms with Crippen molar-refractivity contribution in [1.29, 1.82) is 0 Å². The summed E-state index contributed by atoms with van der Waals surface area (Å²) in [6, 6.07) is 0. The molecule has 0 aliphatic heterocycles. The van der Waals surface area contributed by atoms with Gasteiger partial charge in [-0.05, 0) is 76.5 Å². The zero-order valence-corrected chi connectivity index (χ0v) is 21.2. The number of rotatable bonds is 3. The third-order valence-corrected chi connectivity index (χ3v) is 9.58. The molecule has 0 saturated heterocycles. The van der Waals surface area contributed by atoms with E-state index in [1.165, 1.54) is 19.1 Å². The topological polar surface area (TPSA) is 101 Å². The summed E-state index contributed by atoms with van der Waals surface area (Å²) in [4.78, 5) is 37.5. The number of aliphatic hydroxyl groups excluding tert-OH is 1. The standard InChI is InChI=1S/C27H36F2O6/c1-14-9-16-17-11-19(28)18-10-15(30)7-8-24(18,5)26(17,29)20(31)12-25(16,6)27(14,34)21(32)13-35-22(33)23(2,3)4/h7-8,10,14,16-17,19-20,31,34H,9,11-13H2,1-6H3/t14-,16+,17+,19+,20+,24+,25+,26-,27+/m1/s1. The number of aliphatic hydroxyl groups is 2. The molecule has 4 aliphatic carbocycles. The first-order valence-corrected chi connectivity index (χ1v) is 12.3. The van der Waals surface area contributed by atoms with Crippen molar-refractivity contribution in [2.24, 2.45) is 34.0 Å². The van der Waals surface area contributed by atoms with Crippen LogP contribution in [0.3, 0.4) is 0 Å². The van der Waals surface area contributed by atoms with Crippen LogP contribution >= 0.6 is 0 Å². The predicted molar refractivity (Wildman–Crippen MR) is 124 cm³/mol. The summed E-state index contributed by atoms with van der Waals surface area (Å²) in [5, 5.41) is 23.2. The molecule has 0 amide bonds. The van der Waals surface area contributed by atoms with Gasteiger partial charge in [0.25, 0.3) is 0 Å². The van der Waals surface area contributed by atoms with Crippen molar-refractivity contribution < 1.29 is 38.1 Å². The van der Waals surface area contributed by atoms with Gasteiger partial charge in [-0.2, -0.15) is 0 Å². The van der Waals surface area contributed by atoms with E-state index in [-0.39, 0.29) is 24.8 Å². The Kier molecular flexibility index (Phi) is 5.81. The highest BCUT2D eigenvalue weighted by atomic mass is 19.1. The monoisotopic (exact) mass is 494 g/mol. The molecule has 0 aromatic carbocycles. The lowest BCUT2D eigenvalue weighted by Crippen LogP contribution is -2.70. The van der Waals surface area contributed by atoms with Gasteiger partial charge in [0.2, 0.25) is 5.78 Å². The summed E-state index contributed by atoms with van der Waals surface area (Å²) in [7, 11) is 0. The number of esters is 1. The van der Waals surface area contributed by atoms with Crippen molar-refractivity contribution in [1.82, 2.24) is 0 Å². The number of ketones is 2. The maximum Gasteiger partial charge on any atom is 0.311 e. The zero-order valence-electron chi connectivity index (χ0n) is 21.2. The number of halogens is 2. The highest BCUT2D eigenvalue weighted by Gasteiger charge is 2.76. The molecule has 4 aliphatic rings. The molecule has 9 atom stereocenters. The Hall–Kier alpha value is -1.93. The van der Waals surface area contributed by atoms with Gasteiger partial charge in [-0.3, -0.25) is 14.4 Å². The van der Waals surface area contributed by atoms with E-state index in [1.54, 1.807) is 34.6 Å². The first kappa shape index (κ1) is 26.1. The van der Waals surface area contributed by atoms with E-state index in [0.29, 0.717) is 0 Å². The normalized spacial score (nSPS) is 46.9. The maximum absolute atomic E-state index is 17.1. The largest absolute Gasteiger partial charge is 0.457 e. The van der Waals surface area contributed by atoms with Gasteiger partial charge in [-0.25, -0.2) is 8.78 Å². The quantitative estimate of drug-likeness (QED) is 0.583. The number of fused-ring (bicyclic) bond motifs is 5. The van der Waals surface area contributed by atoms with Crippen LogP contribution in [0, 0.1) is 34.0 Å². The van der Waals surface area contributed by atoms with E-state index in [9.17, 15) is 24.6 Å². The van der Waals surface area contributed by atoms with Gasteiger partial charge in [0.1, 0.15) is 11.8 Å². The number of ether oxygens (including phenoxy) is 1. The van der Waals surface area contributed by atoms with Gasteiger partial charge >= 0.3 is 5.97 Å². The average Bonchev–Trinajstić information content (AvgIpc) is 2.96. The van der Waals surface area contributed by atoms with Crippen molar-refractivity contribution in [2.45, 2.75) is 84.4 Å². The second kappa shape index (κ2) is 7.78. The predicted octanol–water partition coefficient (Wildman–Crippen LogP) is 3.44. The molecule has 3 fully saturated rings. The summed E-state index contributed by atoms with van der Waals surface area (Å²) in [5.74, 6) is -3.94. The van der Waals surface area contributed by atoms with Crippen LogP contribution in [0.1, 0.15) is 60.8 Å². The Morgan fingerprint density at radius 2 is 1.83 bits per heavy atom. The van der Waals surface area contributed by atoms with Gasteiger partial charge in [0.05, 0.1) is 11.5 Å². The van der Waals surface area contributed by atoms with Crippen LogP contribution < -0.4 is 0 Å². The van der Waals surface area contributed by atoms with Gasteiger partial charge in [0.15, 0.2) is 18.1 Å². The van der Waals surface area contributed by atoms with E-state index in [1.807, 2.05) is 0 Å². The molecule has 8 heteroatoms. The Bertz CT molecular complexity index is 1030. The summed E-state index contributed by atoms with van der Waals surface area (Å²) < 4.78 is 37.8. The van der Waals surface area contributed by atoms with Gasteiger partial charge < -0.3 is 14.9 Å². The van der Waals surface area contributed by atoms with E-state index in [4.69, 9.17) is 4.74 Å². The van der Waals surface area contributed by atoms with Crippen LogP contribution in [-0.2, 0) is 19.1 Å². The minimum absolute atomic E-state index is 0.0258. The number of alkyl halides is 2. The third-order valence-electron chi connectivity index (χ3n) is 9.58. The Balaban J connectivity index is 1.72. The van der Waals surface area contributed by atoms with Crippen molar-refractivity contribution in [3.63, 3.8) is 0 Å². The van der Waals surface area contributed by atoms with Crippen LogP contribution in [0.5, 0.6) is 0 Å². The molecule has 0 unspecified atom stereocenters. The van der Waals surface area contributed by atoms with Crippen LogP contribution in [0.15, 0.2) is 23.8 Å². The third kappa shape index (κ3) is 3.28. The van der Waals surface area contributed by atoms with Crippen molar-refractivity contribution in [3.8, 4) is 0 Å². The van der Waals surface area contributed by atoms with Crippen molar-refractivity contribution in [3.05, 3.63) is 23.8 Å². The van der Waals surface area contributed by atoms with Gasteiger partial charge in [-0.15, -0.1) is 0 Å². The molecule has 194 valence electrons. The minimum atomic E-state index is -2.28. The lowest BCUT2D eigenvalue weighted by atomic mass is 9.44. The second-order valence-electron chi connectivity index (χ2n) is 12.5. The number of hydrogen-bond donors (Lipinski definition) is 2. The van der Waals surface area contributed by atoms with E-state index >= 15 is 8.78 Å². The first-order chi connectivity index (χ1) is 15.9. The van der Waals surface area contributed by atoms with Gasteiger partial charge in [-0.1, -0.05) is 19.9 Å². The number of hydrogen-bond acceptors (Lipinski definition) is 6. The lowest BCUT2D eigenvalue weighted by molar-refractivity contribution is -0.224. The first-order valence-electron chi connectivity index (χ1n) is 12.3. The minimum Gasteiger partial charge on any atom is -0.457 e. The smallest absolute Gasteiger partial charge is 0.311 e. The Labute approximate surface area is 204 Å². The molecule has 0 aromatic rings.